The third-order valence-electron chi connectivity index (χ3n) is 3.07. The van der Waals surface area contributed by atoms with E-state index in [0.29, 0.717) is 22.6 Å². The number of hydrogen-bond donors (Lipinski definition) is 1. The van der Waals surface area contributed by atoms with Gasteiger partial charge in [-0.15, -0.1) is 0 Å². The third-order valence-corrected chi connectivity index (χ3v) is 3.07. The Labute approximate surface area is 131 Å². The first-order valence-electron chi connectivity index (χ1n) is 6.82. The van der Waals surface area contributed by atoms with Gasteiger partial charge in [-0.2, -0.15) is 5.10 Å². The molecule has 0 spiro atoms. The molecule has 114 valence electrons. The molecular weight excluding hydrogens is 297 g/mol. The molecule has 0 unspecified atom stereocenters. The number of hydrazone groups is 1. The smallest absolute Gasteiger partial charge is 0.271 e. The van der Waals surface area contributed by atoms with Crippen LogP contribution in [-0.4, -0.2) is 17.1 Å². The normalized spacial score (nSPS) is 10.8. The molecule has 0 aliphatic heterocycles. The molecule has 0 bridgehead atoms. The number of nitrogens with zero attached hydrogens (tertiary/aromatic N) is 2. The van der Waals surface area contributed by atoms with Gasteiger partial charge in [0.05, 0.1) is 11.8 Å². The predicted octanol–water partition coefficient (Wildman–Crippen LogP) is 3.24. The molecule has 23 heavy (non-hydrogen) atoms. The van der Waals surface area contributed by atoms with Gasteiger partial charge in [0, 0.05) is 18.0 Å². The Morgan fingerprint density at radius 3 is 2.70 bits per heavy atom. The quantitative estimate of drug-likeness (QED) is 0.594. The number of furan rings is 1. The van der Waals surface area contributed by atoms with E-state index in [-0.39, 0.29) is 11.7 Å². The van der Waals surface area contributed by atoms with Crippen molar-refractivity contribution < 1.29 is 13.6 Å². The molecule has 1 amide bonds. The van der Waals surface area contributed by atoms with Crippen LogP contribution in [0.25, 0.3) is 11.3 Å². The summed E-state index contributed by atoms with van der Waals surface area (Å²) in [6.45, 7) is 0. The molecule has 0 radical (unpaired) electrons. The summed E-state index contributed by atoms with van der Waals surface area (Å²) in [5.74, 6) is 0.0733. The third kappa shape index (κ3) is 3.49. The number of hydrogen-bond acceptors (Lipinski definition) is 4. The molecule has 0 aliphatic carbocycles. The SMILES string of the molecule is O=C(NN=Cc1ccc(-c2ccccc2F)o1)c1ccncc1. The number of amides is 1. The molecule has 6 heteroatoms. The van der Waals surface area contributed by atoms with E-state index in [1.165, 1.54) is 24.7 Å². The second-order valence-electron chi connectivity index (χ2n) is 4.62. The molecular formula is C17H12FN3O2. The van der Waals surface area contributed by atoms with Crippen molar-refractivity contribution in [2.24, 2.45) is 5.10 Å². The summed E-state index contributed by atoms with van der Waals surface area (Å²) in [6.07, 6.45) is 4.39. The van der Waals surface area contributed by atoms with Gasteiger partial charge >= 0.3 is 0 Å². The van der Waals surface area contributed by atoms with Crippen LogP contribution in [0.5, 0.6) is 0 Å². The van der Waals surface area contributed by atoms with Crippen molar-refractivity contribution in [3.8, 4) is 11.3 Å². The Morgan fingerprint density at radius 1 is 1.13 bits per heavy atom. The van der Waals surface area contributed by atoms with Crippen molar-refractivity contribution in [1.29, 1.82) is 0 Å². The topological polar surface area (TPSA) is 67.5 Å². The van der Waals surface area contributed by atoms with Gasteiger partial charge in [0.1, 0.15) is 17.3 Å². The van der Waals surface area contributed by atoms with Crippen molar-refractivity contribution in [2.45, 2.75) is 0 Å². The van der Waals surface area contributed by atoms with Gasteiger partial charge in [-0.1, -0.05) is 12.1 Å². The Hall–Kier alpha value is -3.28. The first-order chi connectivity index (χ1) is 11.2. The van der Waals surface area contributed by atoms with Crippen molar-refractivity contribution >= 4 is 12.1 Å². The van der Waals surface area contributed by atoms with Gasteiger partial charge in [-0.3, -0.25) is 9.78 Å². The number of carbonyl (C=O) groups is 1. The first-order valence-corrected chi connectivity index (χ1v) is 6.82. The van der Waals surface area contributed by atoms with Gasteiger partial charge in [0.2, 0.25) is 0 Å². The maximum atomic E-state index is 13.7. The summed E-state index contributed by atoms with van der Waals surface area (Å²) in [4.78, 5) is 15.6. The molecule has 2 aromatic heterocycles. The van der Waals surface area contributed by atoms with Crippen molar-refractivity contribution in [1.82, 2.24) is 10.4 Å². The summed E-state index contributed by atoms with van der Waals surface area (Å²) >= 11 is 0. The van der Waals surface area contributed by atoms with E-state index in [0.717, 1.165) is 0 Å². The van der Waals surface area contributed by atoms with Crippen molar-refractivity contribution in [3.05, 3.63) is 78.1 Å². The van der Waals surface area contributed by atoms with E-state index in [1.54, 1.807) is 42.5 Å². The number of nitrogens with one attached hydrogen (secondary N) is 1. The molecule has 3 rings (SSSR count). The molecule has 3 aromatic rings. The molecule has 0 saturated heterocycles. The van der Waals surface area contributed by atoms with E-state index >= 15 is 0 Å². The summed E-state index contributed by atoms with van der Waals surface area (Å²) in [7, 11) is 0. The highest BCUT2D eigenvalue weighted by Crippen LogP contribution is 2.24. The minimum absolute atomic E-state index is 0.357. The first kappa shape index (κ1) is 14.6. The van der Waals surface area contributed by atoms with E-state index < -0.39 is 0 Å². The average molecular weight is 309 g/mol. The predicted molar refractivity (Wildman–Crippen MR) is 83.4 cm³/mol. The lowest BCUT2D eigenvalue weighted by Crippen LogP contribution is -2.17. The van der Waals surface area contributed by atoms with Gasteiger partial charge in [-0.25, -0.2) is 9.82 Å². The Kier molecular flexibility index (Phi) is 4.24. The van der Waals surface area contributed by atoms with E-state index in [9.17, 15) is 9.18 Å². The molecule has 0 fully saturated rings. The second-order valence-corrected chi connectivity index (χ2v) is 4.62. The standard InChI is InChI=1S/C17H12FN3O2/c18-15-4-2-1-3-14(15)16-6-5-13(23-16)11-20-21-17(22)12-7-9-19-10-8-12/h1-11H,(H,21,22). The van der Waals surface area contributed by atoms with Crippen LogP contribution in [0.1, 0.15) is 16.1 Å². The molecule has 1 N–H and O–H groups in total. The molecule has 0 aliphatic rings. The Morgan fingerprint density at radius 2 is 1.91 bits per heavy atom. The van der Waals surface area contributed by atoms with Crippen molar-refractivity contribution in [3.63, 3.8) is 0 Å². The number of benzene rings is 1. The zero-order valence-electron chi connectivity index (χ0n) is 11.9. The van der Waals surface area contributed by atoms with Gasteiger partial charge < -0.3 is 4.42 Å². The van der Waals surface area contributed by atoms with Crippen LogP contribution < -0.4 is 5.43 Å². The Balaban J connectivity index is 1.68. The summed E-state index contributed by atoms with van der Waals surface area (Å²) in [6, 6.07) is 12.8. The fourth-order valence-electron chi connectivity index (χ4n) is 1.95. The summed E-state index contributed by atoms with van der Waals surface area (Å²) in [5.41, 5.74) is 3.19. The van der Waals surface area contributed by atoms with Crippen LogP contribution >= 0.6 is 0 Å². The maximum absolute atomic E-state index is 13.7. The van der Waals surface area contributed by atoms with Crippen LogP contribution in [0, 0.1) is 5.82 Å². The zero-order valence-corrected chi connectivity index (χ0v) is 11.9. The molecule has 2 heterocycles. The highest BCUT2D eigenvalue weighted by molar-refractivity contribution is 5.94. The number of halogens is 1. The number of rotatable bonds is 4. The zero-order chi connectivity index (χ0) is 16.1. The molecule has 5 nitrogen and oxygen atoms in total. The van der Waals surface area contributed by atoms with E-state index in [4.69, 9.17) is 4.42 Å². The van der Waals surface area contributed by atoms with Gasteiger partial charge in [-0.05, 0) is 36.4 Å². The highest BCUT2D eigenvalue weighted by Gasteiger charge is 2.08. The lowest BCUT2D eigenvalue weighted by molar-refractivity contribution is 0.0955. The highest BCUT2D eigenvalue weighted by atomic mass is 19.1. The maximum Gasteiger partial charge on any atom is 0.271 e. The van der Waals surface area contributed by atoms with Gasteiger partial charge in [0.15, 0.2) is 0 Å². The summed E-state index contributed by atoms with van der Waals surface area (Å²) < 4.78 is 19.2. The molecule has 1 aromatic carbocycles. The lowest BCUT2D eigenvalue weighted by Gasteiger charge is -1.98. The molecule has 0 atom stereocenters. The fourth-order valence-corrected chi connectivity index (χ4v) is 1.95. The van der Waals surface area contributed by atoms with Crippen LogP contribution in [0.15, 0.2) is 70.4 Å². The number of pyridine rings is 1. The number of aromatic nitrogens is 1. The van der Waals surface area contributed by atoms with Gasteiger partial charge in [0.25, 0.3) is 5.91 Å². The lowest BCUT2D eigenvalue weighted by atomic mass is 10.1. The van der Waals surface area contributed by atoms with Crippen molar-refractivity contribution in [2.75, 3.05) is 0 Å². The monoisotopic (exact) mass is 309 g/mol. The number of carbonyl (C=O) groups excluding carboxylic acids is 1. The van der Waals surface area contributed by atoms with Crippen LogP contribution in [0.4, 0.5) is 4.39 Å². The minimum atomic E-state index is -0.365. The van der Waals surface area contributed by atoms with E-state index in [2.05, 4.69) is 15.5 Å². The largest absolute Gasteiger partial charge is 0.455 e. The fraction of sp³-hybridized carbons (Fsp3) is 0. The Bertz CT molecular complexity index is 844. The van der Waals surface area contributed by atoms with Crippen LogP contribution in [0.2, 0.25) is 0 Å². The minimum Gasteiger partial charge on any atom is -0.455 e. The summed E-state index contributed by atoms with van der Waals surface area (Å²) in [5, 5.41) is 3.81. The van der Waals surface area contributed by atoms with E-state index in [1.807, 2.05) is 0 Å². The average Bonchev–Trinajstić information content (AvgIpc) is 3.04. The van der Waals surface area contributed by atoms with Crippen LogP contribution in [0.3, 0.4) is 0 Å². The van der Waals surface area contributed by atoms with Crippen LogP contribution in [-0.2, 0) is 0 Å². The second kappa shape index (κ2) is 6.65. The molecule has 0 saturated carbocycles.